The Labute approximate surface area is 286 Å². The number of carboxylic acids is 1. The van der Waals surface area contributed by atoms with Crippen LogP contribution in [0.15, 0.2) is 30.5 Å². The summed E-state index contributed by atoms with van der Waals surface area (Å²) in [6, 6.07) is 6.56. The predicted octanol–water partition coefficient (Wildman–Crippen LogP) is 4.59. The van der Waals surface area contributed by atoms with Gasteiger partial charge in [0.2, 0.25) is 17.8 Å². The topological polar surface area (TPSA) is 170 Å². The highest BCUT2D eigenvalue weighted by Crippen LogP contribution is 2.48. The third kappa shape index (κ3) is 7.11. The fraction of sp³-hybridized carbons (Fsp3) is 0.355. The van der Waals surface area contributed by atoms with Crippen molar-refractivity contribution in [3.05, 3.63) is 46.1 Å². The first kappa shape index (κ1) is 34.3. The van der Waals surface area contributed by atoms with Crippen molar-refractivity contribution in [3.8, 4) is 11.5 Å². The first-order valence-corrected chi connectivity index (χ1v) is 15.6. The number of rotatable bonds is 10. The normalized spacial score (nSPS) is 14.4. The van der Waals surface area contributed by atoms with E-state index in [1.165, 1.54) is 30.9 Å². The lowest BCUT2D eigenvalue weighted by molar-refractivity contribution is -0.141. The molecule has 3 N–H and O–H groups in total. The summed E-state index contributed by atoms with van der Waals surface area (Å²) >= 11 is 13.2. The fourth-order valence-corrected chi connectivity index (χ4v) is 6.20. The average Bonchev–Trinajstić information content (AvgIpc) is 3.06. The number of carbonyl (C=O) groups excluding carboxylic acids is 3. The first-order chi connectivity index (χ1) is 22.9. The van der Waals surface area contributed by atoms with Crippen LogP contribution in [-0.4, -0.2) is 91.2 Å². The molecule has 0 bridgehead atoms. The van der Waals surface area contributed by atoms with Gasteiger partial charge in [0.05, 0.1) is 44.2 Å². The Morgan fingerprint density at radius 2 is 1.65 bits per heavy atom. The van der Waals surface area contributed by atoms with E-state index in [1.807, 2.05) is 12.1 Å². The standard InChI is InChI=1S/C31H34Cl2N8O7/c1-17(42)35-21-13-19(39-9-11-40(12-10-39)24(43)7-8-25(44)45)5-6-20(21)36-30-34-15-18-16-41(31(46)38(2)29(18)37-30)28-26(32)22(47-3)14-23(48-4)27(28)33/h5-6,13-15H,7-12,16H2,1-4H3,(H,35,42)(H,44,45)(H,34,36,37). The van der Waals surface area contributed by atoms with Crippen LogP contribution >= 0.6 is 23.2 Å². The molecule has 0 spiro atoms. The molecular weight excluding hydrogens is 667 g/mol. The van der Waals surface area contributed by atoms with Crippen molar-refractivity contribution >= 4 is 81.5 Å². The maximum absolute atomic E-state index is 13.6. The molecule has 4 amide bonds. The highest BCUT2D eigenvalue weighted by Gasteiger charge is 2.35. The zero-order valence-electron chi connectivity index (χ0n) is 26.7. The number of methoxy groups -OCH3 is 2. The predicted molar refractivity (Wildman–Crippen MR) is 181 cm³/mol. The van der Waals surface area contributed by atoms with E-state index >= 15 is 0 Å². The number of fused-ring (bicyclic) bond motifs is 1. The van der Waals surface area contributed by atoms with Gasteiger partial charge in [-0.05, 0) is 18.2 Å². The summed E-state index contributed by atoms with van der Waals surface area (Å²) in [5, 5.41) is 15.1. The number of hydrogen-bond acceptors (Lipinski definition) is 10. The number of carbonyl (C=O) groups is 4. The molecule has 0 aliphatic carbocycles. The summed E-state index contributed by atoms with van der Waals surface area (Å²) in [5.41, 5.74) is 2.67. The second-order valence-electron chi connectivity index (χ2n) is 11.0. The van der Waals surface area contributed by atoms with Crippen molar-refractivity contribution in [3.63, 3.8) is 0 Å². The number of ether oxygens (including phenoxy) is 2. The molecule has 1 aromatic heterocycles. The lowest BCUT2D eigenvalue weighted by Crippen LogP contribution is -2.48. The SMILES string of the molecule is COc1cc(OC)c(Cl)c(N2Cc3cnc(Nc4ccc(N5CCN(C(=O)CCC(=O)O)CC5)cc4NC(C)=O)nc3N(C)C2=O)c1Cl. The smallest absolute Gasteiger partial charge is 0.330 e. The minimum absolute atomic E-state index is 0.0322. The molecule has 17 heteroatoms. The molecule has 3 aromatic rings. The number of halogens is 2. The Morgan fingerprint density at radius 3 is 2.25 bits per heavy atom. The number of piperazine rings is 1. The largest absolute Gasteiger partial charge is 0.495 e. The van der Waals surface area contributed by atoms with E-state index in [0.29, 0.717) is 48.9 Å². The fourth-order valence-electron chi connectivity index (χ4n) is 5.49. The molecule has 254 valence electrons. The number of aliphatic carboxylic acids is 1. The number of nitrogens with zero attached hydrogens (tertiary/aromatic N) is 6. The molecule has 5 rings (SSSR count). The van der Waals surface area contributed by atoms with Gasteiger partial charge >= 0.3 is 12.0 Å². The van der Waals surface area contributed by atoms with Gasteiger partial charge in [0.15, 0.2) is 0 Å². The van der Waals surface area contributed by atoms with Crippen LogP contribution in [-0.2, 0) is 20.9 Å². The van der Waals surface area contributed by atoms with E-state index in [0.717, 1.165) is 5.69 Å². The minimum atomic E-state index is -1.00. The van der Waals surface area contributed by atoms with Gasteiger partial charge in [-0.15, -0.1) is 0 Å². The quantitative estimate of drug-likeness (QED) is 0.270. The van der Waals surface area contributed by atoms with Crippen LogP contribution in [0.4, 0.5) is 39.3 Å². The Morgan fingerprint density at radius 1 is 0.979 bits per heavy atom. The van der Waals surface area contributed by atoms with E-state index < -0.39 is 12.0 Å². The Hall–Kier alpha value is -5.02. The zero-order valence-corrected chi connectivity index (χ0v) is 28.2. The lowest BCUT2D eigenvalue weighted by Gasteiger charge is -2.36. The van der Waals surface area contributed by atoms with Gasteiger partial charge in [0.25, 0.3) is 0 Å². The van der Waals surface area contributed by atoms with E-state index in [9.17, 15) is 19.2 Å². The van der Waals surface area contributed by atoms with Gasteiger partial charge in [-0.25, -0.2) is 9.78 Å². The van der Waals surface area contributed by atoms with Crippen molar-refractivity contribution in [2.75, 3.05) is 72.8 Å². The van der Waals surface area contributed by atoms with Crippen LogP contribution in [0.3, 0.4) is 0 Å². The lowest BCUT2D eigenvalue weighted by atomic mass is 10.1. The number of benzene rings is 2. The molecule has 0 atom stereocenters. The molecule has 15 nitrogen and oxygen atoms in total. The molecule has 3 heterocycles. The summed E-state index contributed by atoms with van der Waals surface area (Å²) in [4.78, 5) is 64.5. The number of amides is 4. The number of urea groups is 1. The molecule has 0 unspecified atom stereocenters. The molecule has 1 fully saturated rings. The maximum Gasteiger partial charge on any atom is 0.330 e. The van der Waals surface area contributed by atoms with E-state index in [1.54, 1.807) is 30.3 Å². The molecule has 0 saturated carbocycles. The number of carboxylic acid groups (broad SMARTS) is 1. The van der Waals surface area contributed by atoms with Gasteiger partial charge in [0, 0.05) is 70.1 Å². The summed E-state index contributed by atoms with van der Waals surface area (Å²) in [7, 11) is 4.47. The number of nitrogens with one attached hydrogen (secondary N) is 2. The van der Waals surface area contributed by atoms with Crippen LogP contribution in [0.25, 0.3) is 0 Å². The number of hydrogen-bond donors (Lipinski definition) is 3. The van der Waals surface area contributed by atoms with Gasteiger partial charge in [0.1, 0.15) is 27.4 Å². The molecule has 1 saturated heterocycles. The molecule has 2 aliphatic rings. The van der Waals surface area contributed by atoms with Crippen molar-refractivity contribution in [2.45, 2.75) is 26.3 Å². The van der Waals surface area contributed by atoms with Crippen molar-refractivity contribution < 1.29 is 33.8 Å². The summed E-state index contributed by atoms with van der Waals surface area (Å²) in [5.74, 6) is -0.345. The van der Waals surface area contributed by atoms with E-state index in [-0.39, 0.29) is 64.4 Å². The minimum Gasteiger partial charge on any atom is -0.495 e. The summed E-state index contributed by atoms with van der Waals surface area (Å²) in [6.45, 7) is 3.44. The molecule has 0 radical (unpaired) electrons. The second-order valence-corrected chi connectivity index (χ2v) is 11.8. The molecule has 48 heavy (non-hydrogen) atoms. The summed E-state index contributed by atoms with van der Waals surface area (Å²) < 4.78 is 10.7. The van der Waals surface area contributed by atoms with Crippen LogP contribution in [0, 0.1) is 0 Å². The van der Waals surface area contributed by atoms with Crippen LogP contribution < -0.4 is 34.8 Å². The van der Waals surface area contributed by atoms with Gasteiger partial charge in [-0.3, -0.25) is 24.2 Å². The van der Waals surface area contributed by atoms with Crippen molar-refractivity contribution in [1.82, 2.24) is 14.9 Å². The average molecular weight is 702 g/mol. The Balaban J connectivity index is 1.35. The third-order valence-electron chi connectivity index (χ3n) is 7.94. The highest BCUT2D eigenvalue weighted by molar-refractivity contribution is 6.42. The van der Waals surface area contributed by atoms with E-state index in [2.05, 4.69) is 25.5 Å². The molecular formula is C31H34Cl2N8O7. The first-order valence-electron chi connectivity index (χ1n) is 14.9. The number of anilines is 6. The molecule has 2 aliphatic heterocycles. The Kier molecular flexibility index (Phi) is 10.3. The van der Waals surface area contributed by atoms with Crippen LogP contribution in [0.2, 0.25) is 10.0 Å². The van der Waals surface area contributed by atoms with Gasteiger partial charge in [-0.1, -0.05) is 23.2 Å². The monoisotopic (exact) mass is 700 g/mol. The van der Waals surface area contributed by atoms with Crippen molar-refractivity contribution in [2.24, 2.45) is 0 Å². The second kappa shape index (κ2) is 14.4. The third-order valence-corrected chi connectivity index (χ3v) is 8.67. The Bertz CT molecular complexity index is 1740. The van der Waals surface area contributed by atoms with Crippen molar-refractivity contribution in [1.29, 1.82) is 0 Å². The maximum atomic E-state index is 13.6. The van der Waals surface area contributed by atoms with Crippen LogP contribution in [0.1, 0.15) is 25.3 Å². The molecule has 2 aromatic carbocycles. The van der Waals surface area contributed by atoms with Gasteiger partial charge < -0.3 is 35.0 Å². The van der Waals surface area contributed by atoms with Crippen LogP contribution in [0.5, 0.6) is 11.5 Å². The van der Waals surface area contributed by atoms with E-state index in [4.69, 9.17) is 37.8 Å². The number of aromatic nitrogens is 2. The van der Waals surface area contributed by atoms with Gasteiger partial charge in [-0.2, -0.15) is 4.98 Å². The summed E-state index contributed by atoms with van der Waals surface area (Å²) in [6.07, 6.45) is 1.36. The highest BCUT2D eigenvalue weighted by atomic mass is 35.5. The zero-order chi connectivity index (χ0) is 34.7.